The summed E-state index contributed by atoms with van der Waals surface area (Å²) in [6.45, 7) is 2.84. The van der Waals surface area contributed by atoms with Crippen molar-refractivity contribution in [3.8, 4) is 0 Å². The molecule has 0 aliphatic rings. The first kappa shape index (κ1) is 17.1. The lowest BCUT2D eigenvalue weighted by atomic mass is 10.2. The molecular weight excluding hydrogens is 296 g/mol. The third-order valence-electron chi connectivity index (χ3n) is 2.84. The van der Waals surface area contributed by atoms with Crippen LogP contribution in [0.4, 0.5) is 5.69 Å². The number of carboxylic acid groups (broad SMARTS) is 1. The number of carbonyl (C=O) groups excluding carboxylic acids is 1. The summed E-state index contributed by atoms with van der Waals surface area (Å²) in [5.41, 5.74) is 0.893. The molecule has 2 N–H and O–H groups in total. The van der Waals surface area contributed by atoms with Crippen molar-refractivity contribution in [2.75, 3.05) is 18.9 Å². The van der Waals surface area contributed by atoms with Crippen molar-refractivity contribution in [1.29, 1.82) is 0 Å². The highest BCUT2D eigenvalue weighted by atomic mass is 32.2. The molecule has 1 aromatic carbocycles. The number of anilines is 1. The fourth-order valence-electron chi connectivity index (χ4n) is 1.70. The maximum atomic E-state index is 12.4. The third kappa shape index (κ3) is 4.54. The Kier molecular flexibility index (Phi) is 5.45. The van der Waals surface area contributed by atoms with E-state index < -0.39 is 16.0 Å². The molecule has 0 heterocycles. The average molecular weight is 314 g/mol. The molecule has 0 unspecified atom stereocenters. The molecule has 1 aromatic rings. The van der Waals surface area contributed by atoms with Crippen LogP contribution in [0.1, 0.15) is 18.9 Å². The summed E-state index contributed by atoms with van der Waals surface area (Å²) in [5.74, 6) is -1.37. The van der Waals surface area contributed by atoms with Crippen molar-refractivity contribution < 1.29 is 23.1 Å². The van der Waals surface area contributed by atoms with E-state index in [2.05, 4.69) is 5.32 Å². The van der Waals surface area contributed by atoms with Crippen LogP contribution in [0.15, 0.2) is 23.1 Å². The first-order valence-electron chi connectivity index (χ1n) is 6.21. The Morgan fingerprint density at radius 2 is 1.95 bits per heavy atom. The minimum Gasteiger partial charge on any atom is -0.481 e. The summed E-state index contributed by atoms with van der Waals surface area (Å²) >= 11 is 0. The van der Waals surface area contributed by atoms with Gasteiger partial charge in [0, 0.05) is 26.2 Å². The fourth-order valence-corrected chi connectivity index (χ4v) is 3.12. The number of aryl methyl sites for hydroxylation is 1. The molecule has 1 rings (SSSR count). The normalized spacial score (nSPS) is 11.4. The molecule has 116 valence electrons. The minimum absolute atomic E-state index is 0.0432. The van der Waals surface area contributed by atoms with E-state index in [4.69, 9.17) is 5.11 Å². The van der Waals surface area contributed by atoms with Crippen LogP contribution in [0.5, 0.6) is 0 Å². The van der Waals surface area contributed by atoms with Crippen LogP contribution < -0.4 is 5.32 Å². The van der Waals surface area contributed by atoms with Crippen LogP contribution in [0.25, 0.3) is 0 Å². The lowest BCUT2D eigenvalue weighted by molar-refractivity contribution is -0.137. The summed E-state index contributed by atoms with van der Waals surface area (Å²) in [6, 6.07) is 4.56. The van der Waals surface area contributed by atoms with Gasteiger partial charge in [0.1, 0.15) is 0 Å². The number of amides is 1. The Bertz CT molecular complexity index is 655. The maximum absolute atomic E-state index is 12.4. The lowest BCUT2D eigenvalue weighted by Gasteiger charge is -2.18. The zero-order chi connectivity index (χ0) is 16.2. The van der Waals surface area contributed by atoms with Gasteiger partial charge in [0.05, 0.1) is 11.3 Å². The van der Waals surface area contributed by atoms with E-state index in [-0.39, 0.29) is 23.8 Å². The van der Waals surface area contributed by atoms with Crippen LogP contribution in [0.3, 0.4) is 0 Å². The maximum Gasteiger partial charge on any atom is 0.304 e. The third-order valence-corrected chi connectivity index (χ3v) is 4.84. The summed E-state index contributed by atoms with van der Waals surface area (Å²) in [7, 11) is -2.48. The van der Waals surface area contributed by atoms with E-state index in [1.54, 1.807) is 19.1 Å². The van der Waals surface area contributed by atoms with Gasteiger partial charge in [0.25, 0.3) is 0 Å². The Labute approximate surface area is 123 Å². The van der Waals surface area contributed by atoms with Crippen molar-refractivity contribution in [2.45, 2.75) is 25.2 Å². The van der Waals surface area contributed by atoms with Crippen molar-refractivity contribution in [1.82, 2.24) is 4.31 Å². The van der Waals surface area contributed by atoms with Crippen LogP contribution in [-0.2, 0) is 19.6 Å². The Morgan fingerprint density at radius 3 is 2.48 bits per heavy atom. The fraction of sp³-hybridized carbons (Fsp3) is 0.385. The second kappa shape index (κ2) is 6.68. The first-order valence-corrected chi connectivity index (χ1v) is 7.65. The molecule has 0 fully saturated rings. The predicted octanol–water partition coefficient (Wildman–Crippen LogP) is 1.05. The topological polar surface area (TPSA) is 104 Å². The lowest BCUT2D eigenvalue weighted by Crippen LogP contribution is -2.29. The number of rotatable bonds is 6. The van der Waals surface area contributed by atoms with E-state index in [0.29, 0.717) is 11.3 Å². The zero-order valence-electron chi connectivity index (χ0n) is 12.1. The smallest absolute Gasteiger partial charge is 0.304 e. The van der Waals surface area contributed by atoms with E-state index in [0.717, 1.165) is 4.31 Å². The number of hydrogen-bond donors (Lipinski definition) is 2. The molecule has 21 heavy (non-hydrogen) atoms. The molecule has 0 aliphatic carbocycles. The van der Waals surface area contributed by atoms with E-state index in [1.807, 2.05) is 0 Å². The van der Waals surface area contributed by atoms with Crippen LogP contribution in [0, 0.1) is 6.92 Å². The highest BCUT2D eigenvalue weighted by Gasteiger charge is 2.23. The van der Waals surface area contributed by atoms with Gasteiger partial charge in [0.2, 0.25) is 15.9 Å². The van der Waals surface area contributed by atoms with Gasteiger partial charge in [0.15, 0.2) is 0 Å². The second-order valence-electron chi connectivity index (χ2n) is 4.63. The molecule has 1 amide bonds. The van der Waals surface area contributed by atoms with E-state index in [1.165, 1.54) is 20.0 Å². The zero-order valence-corrected chi connectivity index (χ0v) is 12.9. The molecule has 0 bridgehead atoms. The van der Waals surface area contributed by atoms with Crippen molar-refractivity contribution in [3.63, 3.8) is 0 Å². The molecule has 0 saturated carbocycles. The molecular formula is C13H18N2O5S. The van der Waals surface area contributed by atoms with E-state index in [9.17, 15) is 18.0 Å². The minimum atomic E-state index is -3.80. The first-order chi connectivity index (χ1) is 9.64. The van der Waals surface area contributed by atoms with Gasteiger partial charge in [-0.1, -0.05) is 6.07 Å². The van der Waals surface area contributed by atoms with Gasteiger partial charge in [-0.05, 0) is 24.6 Å². The van der Waals surface area contributed by atoms with Crippen molar-refractivity contribution in [3.05, 3.63) is 23.8 Å². The van der Waals surface area contributed by atoms with Gasteiger partial charge in [-0.2, -0.15) is 0 Å². The quantitative estimate of drug-likeness (QED) is 0.816. The number of nitrogens with zero attached hydrogens (tertiary/aromatic N) is 1. The van der Waals surface area contributed by atoms with Crippen LogP contribution in [-0.4, -0.2) is 43.3 Å². The number of aliphatic carboxylic acids is 1. The van der Waals surface area contributed by atoms with Gasteiger partial charge in [-0.3, -0.25) is 9.59 Å². The largest absolute Gasteiger partial charge is 0.481 e. The van der Waals surface area contributed by atoms with Gasteiger partial charge in [-0.15, -0.1) is 0 Å². The SMILES string of the molecule is CC(=O)Nc1ccc(C)c(S(=O)(=O)N(C)CCC(=O)O)c1. The number of nitrogens with one attached hydrogen (secondary N) is 1. The highest BCUT2D eigenvalue weighted by molar-refractivity contribution is 7.89. The number of carboxylic acids is 1. The summed E-state index contributed by atoms with van der Waals surface area (Å²) in [4.78, 5) is 21.6. The molecule has 0 aliphatic heterocycles. The molecule has 0 radical (unpaired) electrons. The number of carbonyl (C=O) groups is 2. The summed E-state index contributed by atoms with van der Waals surface area (Å²) in [6.07, 6.45) is -0.278. The van der Waals surface area contributed by atoms with Gasteiger partial charge in [-0.25, -0.2) is 12.7 Å². The number of hydrogen-bond acceptors (Lipinski definition) is 4. The van der Waals surface area contributed by atoms with Gasteiger partial charge >= 0.3 is 5.97 Å². The molecule has 7 nitrogen and oxygen atoms in total. The van der Waals surface area contributed by atoms with Crippen LogP contribution in [0.2, 0.25) is 0 Å². The molecule has 8 heteroatoms. The molecule has 0 spiro atoms. The Balaban J connectivity index is 3.11. The number of sulfonamides is 1. The predicted molar refractivity (Wildman–Crippen MR) is 77.6 cm³/mol. The van der Waals surface area contributed by atoms with E-state index >= 15 is 0 Å². The summed E-state index contributed by atoms with van der Waals surface area (Å²) in [5, 5.41) is 11.1. The van der Waals surface area contributed by atoms with Crippen molar-refractivity contribution in [2.24, 2.45) is 0 Å². The van der Waals surface area contributed by atoms with Gasteiger partial charge < -0.3 is 10.4 Å². The Hall–Kier alpha value is -1.93. The number of benzene rings is 1. The standard InChI is InChI=1S/C13H18N2O5S/c1-9-4-5-11(14-10(2)16)8-12(9)21(19,20)15(3)7-6-13(17)18/h4-5,8H,6-7H2,1-3H3,(H,14,16)(H,17,18). The summed E-state index contributed by atoms with van der Waals surface area (Å²) < 4.78 is 25.8. The highest BCUT2D eigenvalue weighted by Crippen LogP contribution is 2.23. The molecule has 0 atom stereocenters. The van der Waals surface area contributed by atoms with Crippen molar-refractivity contribution >= 4 is 27.6 Å². The average Bonchev–Trinajstić information content (AvgIpc) is 2.37. The molecule has 0 saturated heterocycles. The monoisotopic (exact) mass is 314 g/mol. The van der Waals surface area contributed by atoms with Crippen LogP contribution >= 0.6 is 0 Å². The Morgan fingerprint density at radius 1 is 1.33 bits per heavy atom. The molecule has 0 aromatic heterocycles. The second-order valence-corrected chi connectivity index (χ2v) is 6.65.